The molecule has 1 aliphatic heterocycles. The Kier molecular flexibility index (Phi) is 6.05. The molecule has 21 heavy (non-hydrogen) atoms. The number of hydrogen-bond acceptors (Lipinski definition) is 3. The van der Waals surface area contributed by atoms with Crippen LogP contribution >= 0.6 is 27.5 Å². The van der Waals surface area contributed by atoms with Crippen LogP contribution < -0.4 is 4.90 Å². The molecule has 1 aliphatic rings. The lowest BCUT2D eigenvalue weighted by Crippen LogP contribution is -3.15. The molecule has 0 amide bonds. The normalized spacial score (nSPS) is 19.6. The van der Waals surface area contributed by atoms with E-state index in [1.165, 1.54) is 9.21 Å². The van der Waals surface area contributed by atoms with Gasteiger partial charge in [-0.05, 0) is 18.2 Å². The monoisotopic (exact) mass is 397 g/mol. The highest BCUT2D eigenvalue weighted by atomic mass is 79.9. The molecule has 2 rings (SSSR count). The molecule has 0 aliphatic carbocycles. The summed E-state index contributed by atoms with van der Waals surface area (Å²) >= 11 is 8.89. The molecule has 118 valence electrons. The van der Waals surface area contributed by atoms with Crippen molar-refractivity contribution in [3.05, 3.63) is 28.7 Å². The number of rotatable bonds is 5. The third kappa shape index (κ3) is 4.40. The molecule has 0 aromatic heterocycles. The highest BCUT2D eigenvalue weighted by molar-refractivity contribution is 9.10. The molecular formula is C13H19BrClN2O3S+. The smallest absolute Gasteiger partial charge is 0.243 e. The Bertz CT molecular complexity index is 577. The van der Waals surface area contributed by atoms with Gasteiger partial charge in [0.15, 0.2) is 0 Å². The zero-order chi connectivity index (χ0) is 15.5. The Morgan fingerprint density at radius 2 is 2.05 bits per heavy atom. The minimum Gasteiger partial charge on any atom is -0.386 e. The number of alkyl halides is 1. The Labute approximate surface area is 138 Å². The van der Waals surface area contributed by atoms with Crippen molar-refractivity contribution < 1.29 is 18.4 Å². The van der Waals surface area contributed by atoms with E-state index >= 15 is 0 Å². The number of piperazine rings is 1. The number of nitrogens with zero attached hydrogens (tertiary/aromatic N) is 1. The van der Waals surface area contributed by atoms with E-state index in [1.54, 1.807) is 24.3 Å². The molecule has 0 saturated carbocycles. The first-order chi connectivity index (χ1) is 9.93. The summed E-state index contributed by atoms with van der Waals surface area (Å²) in [6.07, 6.45) is -0.532. The van der Waals surface area contributed by atoms with Crippen LogP contribution in [0.4, 0.5) is 0 Å². The molecule has 1 heterocycles. The summed E-state index contributed by atoms with van der Waals surface area (Å²) in [5, 5.41) is 9.55. The Morgan fingerprint density at radius 1 is 1.38 bits per heavy atom. The number of aliphatic hydroxyl groups is 1. The van der Waals surface area contributed by atoms with Crippen LogP contribution in [0.2, 0.25) is 0 Å². The largest absolute Gasteiger partial charge is 0.386 e. The van der Waals surface area contributed by atoms with Gasteiger partial charge in [-0.3, -0.25) is 0 Å². The van der Waals surface area contributed by atoms with Crippen LogP contribution in [0, 0.1) is 0 Å². The van der Waals surface area contributed by atoms with Crippen molar-refractivity contribution in [2.24, 2.45) is 0 Å². The molecule has 2 N–H and O–H groups in total. The topological polar surface area (TPSA) is 62.0 Å². The van der Waals surface area contributed by atoms with E-state index in [-0.39, 0.29) is 5.88 Å². The second-order valence-electron chi connectivity index (χ2n) is 5.12. The summed E-state index contributed by atoms with van der Waals surface area (Å²) in [5.41, 5.74) is 0. The van der Waals surface area contributed by atoms with Crippen molar-refractivity contribution in [2.45, 2.75) is 11.0 Å². The van der Waals surface area contributed by atoms with Crippen LogP contribution in [0.25, 0.3) is 0 Å². The van der Waals surface area contributed by atoms with Crippen LogP contribution in [-0.2, 0) is 10.0 Å². The highest BCUT2D eigenvalue weighted by Crippen LogP contribution is 2.19. The average molecular weight is 399 g/mol. The van der Waals surface area contributed by atoms with E-state index in [2.05, 4.69) is 15.9 Å². The second kappa shape index (κ2) is 7.39. The highest BCUT2D eigenvalue weighted by Gasteiger charge is 2.31. The summed E-state index contributed by atoms with van der Waals surface area (Å²) in [4.78, 5) is 1.49. The van der Waals surface area contributed by atoms with Crippen LogP contribution in [-0.4, -0.2) is 62.5 Å². The molecule has 8 heteroatoms. The molecule has 1 aromatic carbocycles. The fourth-order valence-corrected chi connectivity index (χ4v) is 4.56. The van der Waals surface area contributed by atoms with Crippen molar-refractivity contribution in [3.63, 3.8) is 0 Å². The maximum atomic E-state index is 12.5. The summed E-state index contributed by atoms with van der Waals surface area (Å²) in [5.74, 6) is 0.212. The first kappa shape index (κ1) is 17.2. The van der Waals surface area contributed by atoms with E-state index in [0.717, 1.165) is 4.47 Å². The predicted molar refractivity (Wildman–Crippen MR) is 85.2 cm³/mol. The fraction of sp³-hybridized carbons (Fsp3) is 0.538. The second-order valence-corrected chi connectivity index (χ2v) is 8.29. The maximum absolute atomic E-state index is 12.5. The lowest BCUT2D eigenvalue weighted by molar-refractivity contribution is -0.906. The number of sulfonamides is 1. The van der Waals surface area contributed by atoms with Crippen molar-refractivity contribution in [1.82, 2.24) is 4.31 Å². The molecule has 0 radical (unpaired) electrons. The van der Waals surface area contributed by atoms with E-state index in [1.807, 2.05) is 0 Å². The fourth-order valence-electron chi connectivity index (χ4n) is 2.41. The summed E-state index contributed by atoms with van der Waals surface area (Å²) < 4.78 is 27.4. The number of benzene rings is 1. The Balaban J connectivity index is 2.01. The van der Waals surface area contributed by atoms with Gasteiger partial charge < -0.3 is 10.0 Å². The molecule has 1 fully saturated rings. The number of halogens is 2. The summed E-state index contributed by atoms with van der Waals surface area (Å²) in [6.45, 7) is 2.84. The van der Waals surface area contributed by atoms with E-state index in [4.69, 9.17) is 11.6 Å². The third-order valence-corrected chi connectivity index (χ3v) is 6.31. The first-order valence-electron chi connectivity index (χ1n) is 6.77. The molecule has 0 spiro atoms. The molecule has 5 nitrogen and oxygen atoms in total. The molecule has 0 bridgehead atoms. The van der Waals surface area contributed by atoms with Crippen LogP contribution in [0.15, 0.2) is 33.6 Å². The first-order valence-corrected chi connectivity index (χ1v) is 9.53. The SMILES string of the molecule is O=S(=O)(c1cccc(Br)c1)N1CC[NH+](C[C@@H](O)CCl)CC1. The molecule has 1 aromatic rings. The number of hydrogen-bond donors (Lipinski definition) is 2. The van der Waals surface area contributed by atoms with Crippen molar-refractivity contribution in [1.29, 1.82) is 0 Å². The Morgan fingerprint density at radius 3 is 2.62 bits per heavy atom. The zero-order valence-corrected chi connectivity index (χ0v) is 14.7. The van der Waals surface area contributed by atoms with Crippen LogP contribution in [0.5, 0.6) is 0 Å². The third-order valence-electron chi connectivity index (χ3n) is 3.57. The number of nitrogens with one attached hydrogen (secondary N) is 1. The van der Waals surface area contributed by atoms with Gasteiger partial charge in [0, 0.05) is 4.47 Å². The van der Waals surface area contributed by atoms with Crippen molar-refractivity contribution in [3.8, 4) is 0 Å². The summed E-state index contributed by atoms with van der Waals surface area (Å²) in [7, 11) is -3.44. The van der Waals surface area contributed by atoms with Gasteiger partial charge in [0.1, 0.15) is 12.6 Å². The summed E-state index contributed by atoms with van der Waals surface area (Å²) in [6, 6.07) is 6.74. The standard InChI is InChI=1S/C13H18BrClN2O3S/c14-11-2-1-3-13(8-11)21(19,20)17-6-4-16(5-7-17)10-12(18)9-15/h1-3,8,12,18H,4-7,9-10H2/p+1/t12-/m0/s1. The molecule has 1 atom stereocenters. The van der Waals surface area contributed by atoms with Gasteiger partial charge >= 0.3 is 0 Å². The van der Waals surface area contributed by atoms with E-state index in [0.29, 0.717) is 37.6 Å². The molecular weight excluding hydrogens is 380 g/mol. The Hall–Kier alpha value is -0.180. The van der Waals surface area contributed by atoms with Gasteiger partial charge in [-0.1, -0.05) is 22.0 Å². The molecule has 0 unspecified atom stereocenters. The lowest BCUT2D eigenvalue weighted by Gasteiger charge is -2.32. The zero-order valence-electron chi connectivity index (χ0n) is 11.5. The van der Waals surface area contributed by atoms with Gasteiger partial charge in [0.25, 0.3) is 0 Å². The molecule has 1 saturated heterocycles. The van der Waals surface area contributed by atoms with Crippen molar-refractivity contribution >= 4 is 37.6 Å². The predicted octanol–water partition coefficient (Wildman–Crippen LogP) is -0.0620. The quantitative estimate of drug-likeness (QED) is 0.683. The minimum atomic E-state index is -3.44. The van der Waals surface area contributed by atoms with E-state index < -0.39 is 16.1 Å². The van der Waals surface area contributed by atoms with Gasteiger partial charge in [-0.15, -0.1) is 11.6 Å². The number of quaternary nitrogens is 1. The van der Waals surface area contributed by atoms with Gasteiger partial charge in [-0.2, -0.15) is 4.31 Å². The number of aliphatic hydroxyl groups excluding tert-OH is 1. The lowest BCUT2D eigenvalue weighted by atomic mass is 10.3. The maximum Gasteiger partial charge on any atom is 0.243 e. The van der Waals surface area contributed by atoms with E-state index in [9.17, 15) is 13.5 Å². The average Bonchev–Trinajstić information content (AvgIpc) is 2.47. The van der Waals surface area contributed by atoms with Crippen molar-refractivity contribution in [2.75, 3.05) is 38.6 Å². The van der Waals surface area contributed by atoms with Gasteiger partial charge in [-0.25, -0.2) is 8.42 Å². The van der Waals surface area contributed by atoms with Gasteiger partial charge in [0.2, 0.25) is 10.0 Å². The van der Waals surface area contributed by atoms with Crippen LogP contribution in [0.1, 0.15) is 0 Å². The van der Waals surface area contributed by atoms with Crippen LogP contribution in [0.3, 0.4) is 0 Å². The van der Waals surface area contributed by atoms with Gasteiger partial charge in [0.05, 0.1) is 37.0 Å². The minimum absolute atomic E-state index is 0.212.